The van der Waals surface area contributed by atoms with Crippen molar-refractivity contribution in [1.82, 2.24) is 4.98 Å². The number of aromatic nitrogens is 1. The molecular formula is C16H25N3O2. The van der Waals surface area contributed by atoms with Gasteiger partial charge in [0, 0.05) is 12.2 Å². The molecular weight excluding hydrogens is 266 g/mol. The van der Waals surface area contributed by atoms with Crippen molar-refractivity contribution in [3.05, 3.63) is 17.8 Å². The van der Waals surface area contributed by atoms with Crippen LogP contribution in [0.1, 0.15) is 50.4 Å². The smallest absolute Gasteiger partial charge is 0.340 e. The van der Waals surface area contributed by atoms with E-state index in [-0.39, 0.29) is 0 Å². The van der Waals surface area contributed by atoms with E-state index >= 15 is 0 Å². The maximum atomic E-state index is 11.9. The summed E-state index contributed by atoms with van der Waals surface area (Å²) in [6.45, 7) is 6.61. The highest BCUT2D eigenvalue weighted by molar-refractivity contribution is 5.97. The lowest BCUT2D eigenvalue weighted by Crippen LogP contribution is -2.26. The average Bonchev–Trinajstić information content (AvgIpc) is 2.82. The summed E-state index contributed by atoms with van der Waals surface area (Å²) in [5.41, 5.74) is 6.84. The Labute approximate surface area is 126 Å². The van der Waals surface area contributed by atoms with Crippen LogP contribution in [-0.2, 0) is 4.74 Å². The van der Waals surface area contributed by atoms with Crippen LogP contribution in [0.5, 0.6) is 0 Å². The number of nitrogens with one attached hydrogen (secondary N) is 1. The third-order valence-electron chi connectivity index (χ3n) is 4.56. The van der Waals surface area contributed by atoms with Gasteiger partial charge in [0.1, 0.15) is 5.82 Å². The molecule has 2 rings (SSSR count). The third kappa shape index (κ3) is 3.28. The quantitative estimate of drug-likeness (QED) is 0.815. The average molecular weight is 291 g/mol. The van der Waals surface area contributed by atoms with Crippen molar-refractivity contribution in [1.29, 1.82) is 0 Å². The van der Waals surface area contributed by atoms with Gasteiger partial charge in [0.2, 0.25) is 0 Å². The zero-order valence-corrected chi connectivity index (χ0v) is 13.1. The van der Waals surface area contributed by atoms with Crippen LogP contribution >= 0.6 is 0 Å². The maximum absolute atomic E-state index is 11.9. The molecule has 21 heavy (non-hydrogen) atoms. The van der Waals surface area contributed by atoms with Gasteiger partial charge in [-0.15, -0.1) is 0 Å². The molecule has 1 heterocycles. The second-order valence-electron chi connectivity index (χ2n) is 5.70. The molecule has 0 aromatic carbocycles. The predicted octanol–water partition coefficient (Wildman–Crippen LogP) is 3.08. The number of nitrogens with zero attached hydrogens (tertiary/aromatic N) is 1. The van der Waals surface area contributed by atoms with Gasteiger partial charge in [-0.1, -0.05) is 20.3 Å². The van der Waals surface area contributed by atoms with E-state index in [1.807, 2.05) is 0 Å². The number of hydrogen-bond acceptors (Lipinski definition) is 5. The fourth-order valence-electron chi connectivity index (χ4n) is 3.18. The number of carbonyl (C=O) groups excluding carboxylic acids is 1. The zero-order valence-electron chi connectivity index (χ0n) is 13.1. The van der Waals surface area contributed by atoms with Crippen LogP contribution in [0, 0.1) is 11.8 Å². The first kappa shape index (κ1) is 15.6. The molecule has 1 saturated carbocycles. The van der Waals surface area contributed by atoms with E-state index in [1.165, 1.54) is 12.8 Å². The molecule has 3 atom stereocenters. The highest BCUT2D eigenvalue weighted by atomic mass is 16.5. The van der Waals surface area contributed by atoms with Gasteiger partial charge >= 0.3 is 5.97 Å². The van der Waals surface area contributed by atoms with Gasteiger partial charge in [-0.3, -0.25) is 0 Å². The summed E-state index contributed by atoms with van der Waals surface area (Å²) in [5.74, 6) is 1.53. The number of rotatable bonds is 5. The van der Waals surface area contributed by atoms with E-state index in [2.05, 4.69) is 24.1 Å². The Bertz CT molecular complexity index is 504. The molecule has 1 aliphatic rings. The molecule has 5 nitrogen and oxygen atoms in total. The summed E-state index contributed by atoms with van der Waals surface area (Å²) < 4.78 is 5.01. The SMILES string of the molecule is CCOC(=O)c1ccnc(NC2CCC(CC)C2C)c1N. The van der Waals surface area contributed by atoms with Crippen LogP contribution in [0.25, 0.3) is 0 Å². The van der Waals surface area contributed by atoms with Crippen molar-refractivity contribution in [3.8, 4) is 0 Å². The van der Waals surface area contributed by atoms with Crippen LogP contribution in [0.15, 0.2) is 12.3 Å². The number of nitrogens with two attached hydrogens (primary N) is 1. The fraction of sp³-hybridized carbons (Fsp3) is 0.625. The molecule has 116 valence electrons. The molecule has 3 N–H and O–H groups in total. The second kappa shape index (κ2) is 6.78. The standard InChI is InChI=1S/C16H25N3O2/c1-4-11-6-7-13(10(11)3)19-15-14(17)12(8-9-18-15)16(20)21-5-2/h8-11,13H,4-7,17H2,1-3H3,(H,18,19). The van der Waals surface area contributed by atoms with Gasteiger partial charge in [0.15, 0.2) is 0 Å². The van der Waals surface area contributed by atoms with E-state index < -0.39 is 5.97 Å². The zero-order chi connectivity index (χ0) is 15.4. The minimum absolute atomic E-state index is 0.335. The van der Waals surface area contributed by atoms with E-state index in [9.17, 15) is 4.79 Å². The molecule has 1 aromatic rings. The molecule has 3 unspecified atom stereocenters. The summed E-state index contributed by atoms with van der Waals surface area (Å²) >= 11 is 0. The Morgan fingerprint density at radius 3 is 2.86 bits per heavy atom. The molecule has 0 saturated heterocycles. The molecule has 5 heteroatoms. The fourth-order valence-corrected chi connectivity index (χ4v) is 3.18. The molecule has 1 aromatic heterocycles. The van der Waals surface area contributed by atoms with Crippen molar-refractivity contribution < 1.29 is 9.53 Å². The number of nitrogen functional groups attached to an aromatic ring is 1. The van der Waals surface area contributed by atoms with Crippen molar-refractivity contribution in [2.24, 2.45) is 11.8 Å². The van der Waals surface area contributed by atoms with E-state index in [0.29, 0.717) is 35.6 Å². The van der Waals surface area contributed by atoms with Gasteiger partial charge < -0.3 is 15.8 Å². The number of pyridine rings is 1. The molecule has 0 bridgehead atoms. The van der Waals surface area contributed by atoms with Crippen molar-refractivity contribution in [2.45, 2.75) is 46.1 Å². The molecule has 1 aliphatic carbocycles. The summed E-state index contributed by atoms with van der Waals surface area (Å²) in [6.07, 6.45) is 5.14. The van der Waals surface area contributed by atoms with E-state index in [4.69, 9.17) is 10.5 Å². The minimum Gasteiger partial charge on any atom is -0.462 e. The first-order chi connectivity index (χ1) is 10.1. The lowest BCUT2D eigenvalue weighted by atomic mass is 9.93. The molecule has 1 fully saturated rings. The third-order valence-corrected chi connectivity index (χ3v) is 4.56. The van der Waals surface area contributed by atoms with Gasteiger partial charge in [-0.2, -0.15) is 0 Å². The summed E-state index contributed by atoms with van der Waals surface area (Å²) in [5, 5.41) is 3.42. The molecule has 0 aliphatic heterocycles. The number of hydrogen-bond donors (Lipinski definition) is 2. The van der Waals surface area contributed by atoms with Gasteiger partial charge in [-0.05, 0) is 37.7 Å². The van der Waals surface area contributed by atoms with E-state index in [1.54, 1.807) is 19.2 Å². The normalized spacial score (nSPS) is 24.8. The Morgan fingerprint density at radius 1 is 1.48 bits per heavy atom. The Morgan fingerprint density at radius 2 is 2.24 bits per heavy atom. The first-order valence-electron chi connectivity index (χ1n) is 7.76. The summed E-state index contributed by atoms with van der Waals surface area (Å²) in [4.78, 5) is 16.1. The van der Waals surface area contributed by atoms with Crippen molar-refractivity contribution in [3.63, 3.8) is 0 Å². The largest absolute Gasteiger partial charge is 0.462 e. The molecule has 0 radical (unpaired) electrons. The van der Waals surface area contributed by atoms with Gasteiger partial charge in [-0.25, -0.2) is 9.78 Å². The van der Waals surface area contributed by atoms with Crippen molar-refractivity contribution >= 4 is 17.5 Å². The minimum atomic E-state index is -0.397. The number of anilines is 2. The van der Waals surface area contributed by atoms with E-state index in [0.717, 1.165) is 12.3 Å². The highest BCUT2D eigenvalue weighted by Crippen LogP contribution is 2.36. The lowest BCUT2D eigenvalue weighted by molar-refractivity contribution is 0.0527. The van der Waals surface area contributed by atoms with Crippen LogP contribution in [0.2, 0.25) is 0 Å². The topological polar surface area (TPSA) is 77.2 Å². The van der Waals surface area contributed by atoms with Crippen LogP contribution < -0.4 is 11.1 Å². The maximum Gasteiger partial charge on any atom is 0.340 e. The highest BCUT2D eigenvalue weighted by Gasteiger charge is 2.32. The second-order valence-corrected chi connectivity index (χ2v) is 5.70. The van der Waals surface area contributed by atoms with Crippen LogP contribution in [-0.4, -0.2) is 23.6 Å². The Hall–Kier alpha value is -1.78. The number of carbonyl (C=O) groups is 1. The van der Waals surface area contributed by atoms with Crippen molar-refractivity contribution in [2.75, 3.05) is 17.7 Å². The number of ether oxygens (including phenoxy) is 1. The Kier molecular flexibility index (Phi) is 5.04. The van der Waals surface area contributed by atoms with Gasteiger partial charge in [0.05, 0.1) is 17.9 Å². The first-order valence-corrected chi connectivity index (χ1v) is 7.76. The van der Waals surface area contributed by atoms with Crippen LogP contribution in [0.4, 0.5) is 11.5 Å². The Balaban J connectivity index is 2.14. The molecule has 0 spiro atoms. The molecule has 0 amide bonds. The number of esters is 1. The summed E-state index contributed by atoms with van der Waals surface area (Å²) in [7, 11) is 0. The monoisotopic (exact) mass is 291 g/mol. The van der Waals surface area contributed by atoms with Gasteiger partial charge in [0.25, 0.3) is 0 Å². The summed E-state index contributed by atoms with van der Waals surface area (Å²) in [6, 6.07) is 1.97. The van der Waals surface area contributed by atoms with Crippen LogP contribution in [0.3, 0.4) is 0 Å². The lowest BCUT2D eigenvalue weighted by Gasteiger charge is -2.22. The predicted molar refractivity (Wildman–Crippen MR) is 84.2 cm³/mol.